The first-order valence-electron chi connectivity index (χ1n) is 4.94. The number of hydrogen-bond acceptors (Lipinski definition) is 5. The third-order valence-corrected chi connectivity index (χ3v) is 2.79. The van der Waals surface area contributed by atoms with E-state index in [-0.39, 0.29) is 5.75 Å². The Kier molecular flexibility index (Phi) is 5.27. The van der Waals surface area contributed by atoms with Crippen LogP contribution in [0.4, 0.5) is 0 Å². The molecule has 0 aromatic carbocycles. The maximum absolute atomic E-state index is 10.5. The van der Waals surface area contributed by atoms with Crippen molar-refractivity contribution in [3.8, 4) is 0 Å². The molecule has 0 aliphatic carbocycles. The SMILES string of the molecule is CCCn1c(COC)nnc1SCC(=O)O. The molecule has 16 heavy (non-hydrogen) atoms. The van der Waals surface area contributed by atoms with Crippen LogP contribution in [0.2, 0.25) is 0 Å². The van der Waals surface area contributed by atoms with E-state index in [2.05, 4.69) is 10.2 Å². The van der Waals surface area contributed by atoms with Crippen molar-refractivity contribution < 1.29 is 14.6 Å². The number of aromatic nitrogens is 3. The van der Waals surface area contributed by atoms with Gasteiger partial charge in [0.1, 0.15) is 6.61 Å². The van der Waals surface area contributed by atoms with Gasteiger partial charge in [-0.15, -0.1) is 10.2 Å². The van der Waals surface area contributed by atoms with Crippen molar-refractivity contribution in [3.63, 3.8) is 0 Å². The second-order valence-corrected chi connectivity index (χ2v) is 4.11. The average Bonchev–Trinajstić information content (AvgIpc) is 2.60. The Labute approximate surface area is 98.0 Å². The highest BCUT2D eigenvalue weighted by atomic mass is 32.2. The molecule has 0 saturated carbocycles. The molecule has 7 heteroatoms. The first-order chi connectivity index (χ1) is 7.69. The minimum atomic E-state index is -0.857. The van der Waals surface area contributed by atoms with E-state index in [1.165, 1.54) is 11.8 Å². The lowest BCUT2D eigenvalue weighted by molar-refractivity contribution is -0.133. The molecule has 1 N–H and O–H groups in total. The highest BCUT2D eigenvalue weighted by Gasteiger charge is 2.12. The number of carboxylic acid groups (broad SMARTS) is 1. The summed E-state index contributed by atoms with van der Waals surface area (Å²) < 4.78 is 6.90. The van der Waals surface area contributed by atoms with E-state index in [9.17, 15) is 4.79 Å². The van der Waals surface area contributed by atoms with Crippen LogP contribution in [0.25, 0.3) is 0 Å². The average molecular weight is 245 g/mol. The van der Waals surface area contributed by atoms with E-state index < -0.39 is 5.97 Å². The molecule has 0 amide bonds. The van der Waals surface area contributed by atoms with Crippen molar-refractivity contribution in [2.24, 2.45) is 0 Å². The summed E-state index contributed by atoms with van der Waals surface area (Å²) in [7, 11) is 1.59. The number of carbonyl (C=O) groups is 1. The molecule has 0 saturated heterocycles. The monoisotopic (exact) mass is 245 g/mol. The molecule has 1 aromatic heterocycles. The van der Waals surface area contributed by atoms with Gasteiger partial charge >= 0.3 is 5.97 Å². The van der Waals surface area contributed by atoms with Gasteiger partial charge in [-0.1, -0.05) is 18.7 Å². The number of thioether (sulfide) groups is 1. The van der Waals surface area contributed by atoms with E-state index in [0.29, 0.717) is 11.8 Å². The van der Waals surface area contributed by atoms with Gasteiger partial charge in [-0.2, -0.15) is 0 Å². The maximum Gasteiger partial charge on any atom is 0.313 e. The largest absolute Gasteiger partial charge is 0.481 e. The zero-order chi connectivity index (χ0) is 12.0. The Morgan fingerprint density at radius 3 is 2.88 bits per heavy atom. The molecule has 1 heterocycles. The van der Waals surface area contributed by atoms with Crippen molar-refractivity contribution in [1.29, 1.82) is 0 Å². The molecule has 0 aliphatic rings. The predicted octanol–water partition coefficient (Wildman–Crippen LogP) is 1.01. The van der Waals surface area contributed by atoms with Crippen molar-refractivity contribution >= 4 is 17.7 Å². The van der Waals surface area contributed by atoms with Gasteiger partial charge in [-0.25, -0.2) is 0 Å². The number of nitrogens with zero attached hydrogens (tertiary/aromatic N) is 3. The number of hydrogen-bond donors (Lipinski definition) is 1. The van der Waals surface area contributed by atoms with Gasteiger partial charge in [0.2, 0.25) is 0 Å². The minimum Gasteiger partial charge on any atom is -0.481 e. The second-order valence-electron chi connectivity index (χ2n) is 3.17. The molecule has 1 rings (SSSR count). The fourth-order valence-corrected chi connectivity index (χ4v) is 1.94. The standard InChI is InChI=1S/C9H15N3O3S/c1-3-4-12-7(5-15-2)10-11-9(12)16-6-8(13)14/h3-6H2,1-2H3,(H,13,14). The Morgan fingerprint density at radius 2 is 2.31 bits per heavy atom. The van der Waals surface area contributed by atoms with Crippen LogP contribution in [-0.2, 0) is 22.7 Å². The molecule has 1 aromatic rings. The van der Waals surface area contributed by atoms with Gasteiger partial charge in [0.25, 0.3) is 0 Å². The summed E-state index contributed by atoms with van der Waals surface area (Å²) >= 11 is 1.18. The van der Waals surface area contributed by atoms with Crippen LogP contribution in [0, 0.1) is 0 Å². The van der Waals surface area contributed by atoms with Gasteiger partial charge < -0.3 is 14.4 Å². The topological polar surface area (TPSA) is 77.2 Å². The van der Waals surface area contributed by atoms with E-state index >= 15 is 0 Å². The minimum absolute atomic E-state index is 0.00513. The van der Waals surface area contributed by atoms with E-state index in [1.54, 1.807) is 7.11 Å². The fourth-order valence-electron chi connectivity index (χ4n) is 1.24. The van der Waals surface area contributed by atoms with Crippen molar-refractivity contribution in [1.82, 2.24) is 14.8 Å². The van der Waals surface area contributed by atoms with E-state index in [4.69, 9.17) is 9.84 Å². The molecule has 0 atom stereocenters. The molecule has 0 radical (unpaired) electrons. The van der Waals surface area contributed by atoms with Crippen LogP contribution in [0.15, 0.2) is 5.16 Å². The number of carboxylic acids is 1. The summed E-state index contributed by atoms with van der Waals surface area (Å²) in [4.78, 5) is 10.5. The van der Waals surface area contributed by atoms with Crippen molar-refractivity contribution in [2.45, 2.75) is 31.7 Å². The Hall–Kier alpha value is -1.08. The Balaban J connectivity index is 2.77. The zero-order valence-corrected chi connectivity index (χ0v) is 10.2. The highest BCUT2D eigenvalue weighted by Crippen LogP contribution is 2.17. The number of aliphatic carboxylic acids is 1. The van der Waals surface area contributed by atoms with Gasteiger partial charge in [0.05, 0.1) is 5.75 Å². The van der Waals surface area contributed by atoms with Gasteiger partial charge in [-0.05, 0) is 6.42 Å². The lowest BCUT2D eigenvalue weighted by Crippen LogP contribution is -2.07. The smallest absolute Gasteiger partial charge is 0.313 e. The summed E-state index contributed by atoms with van der Waals surface area (Å²) in [6.45, 7) is 3.20. The second kappa shape index (κ2) is 6.49. The summed E-state index contributed by atoms with van der Waals surface area (Å²) in [5.74, 6) is -0.129. The van der Waals surface area contributed by atoms with Crippen LogP contribution >= 0.6 is 11.8 Å². The first kappa shape index (κ1) is 13.0. The van der Waals surface area contributed by atoms with E-state index in [0.717, 1.165) is 18.8 Å². The van der Waals surface area contributed by atoms with Gasteiger partial charge in [0, 0.05) is 13.7 Å². The number of methoxy groups -OCH3 is 1. The number of ether oxygens (including phenoxy) is 1. The highest BCUT2D eigenvalue weighted by molar-refractivity contribution is 7.99. The van der Waals surface area contributed by atoms with Crippen molar-refractivity contribution in [2.75, 3.05) is 12.9 Å². The molecule has 6 nitrogen and oxygen atoms in total. The number of rotatable bonds is 7. The Bertz CT molecular complexity index is 354. The van der Waals surface area contributed by atoms with Crippen molar-refractivity contribution in [3.05, 3.63) is 5.82 Å². The predicted molar refractivity (Wildman–Crippen MR) is 59.4 cm³/mol. The quantitative estimate of drug-likeness (QED) is 0.722. The third kappa shape index (κ3) is 3.49. The lowest BCUT2D eigenvalue weighted by Gasteiger charge is -2.07. The molecule has 0 fully saturated rings. The zero-order valence-electron chi connectivity index (χ0n) is 9.34. The van der Waals surface area contributed by atoms with Crippen LogP contribution in [0.3, 0.4) is 0 Å². The maximum atomic E-state index is 10.5. The molecule has 0 unspecified atom stereocenters. The molecule has 0 aliphatic heterocycles. The molecular weight excluding hydrogens is 230 g/mol. The third-order valence-electron chi connectivity index (χ3n) is 1.84. The first-order valence-corrected chi connectivity index (χ1v) is 5.93. The Morgan fingerprint density at radius 1 is 1.56 bits per heavy atom. The van der Waals surface area contributed by atoms with Crippen LogP contribution in [-0.4, -0.2) is 38.7 Å². The summed E-state index contributed by atoms with van der Waals surface area (Å²) in [5.41, 5.74) is 0. The molecule has 90 valence electrons. The van der Waals surface area contributed by atoms with Gasteiger partial charge in [-0.3, -0.25) is 4.79 Å². The lowest BCUT2D eigenvalue weighted by atomic mass is 10.4. The van der Waals surface area contributed by atoms with Crippen LogP contribution in [0.5, 0.6) is 0 Å². The van der Waals surface area contributed by atoms with Crippen LogP contribution in [0.1, 0.15) is 19.2 Å². The summed E-state index contributed by atoms with van der Waals surface area (Å²) in [5, 5.41) is 17.2. The van der Waals surface area contributed by atoms with Gasteiger partial charge in [0.15, 0.2) is 11.0 Å². The molecular formula is C9H15N3O3S. The summed E-state index contributed by atoms with van der Waals surface area (Å²) in [6.07, 6.45) is 0.940. The molecule has 0 spiro atoms. The normalized spacial score (nSPS) is 10.6. The summed E-state index contributed by atoms with van der Waals surface area (Å²) in [6, 6.07) is 0. The van der Waals surface area contributed by atoms with E-state index in [1.807, 2.05) is 11.5 Å². The van der Waals surface area contributed by atoms with Crippen LogP contribution < -0.4 is 0 Å². The fraction of sp³-hybridized carbons (Fsp3) is 0.667. The molecule has 0 bridgehead atoms.